The van der Waals surface area contributed by atoms with E-state index in [2.05, 4.69) is 21.9 Å². The van der Waals surface area contributed by atoms with Crippen molar-refractivity contribution in [2.75, 3.05) is 19.8 Å². The normalized spacial score (nSPS) is 11.6. The largest absolute Gasteiger partial charge is 0.486 e. The molecule has 1 rings (SSSR count). The van der Waals surface area contributed by atoms with Crippen molar-refractivity contribution >= 4 is 11.9 Å². The van der Waals surface area contributed by atoms with Gasteiger partial charge in [0.25, 0.3) is 0 Å². The topological polar surface area (TPSA) is 120 Å². The fourth-order valence-corrected chi connectivity index (χ4v) is 1.48. The number of carbonyl (C=O) groups is 2. The molecule has 0 saturated heterocycles. The molecule has 1 unspecified atom stereocenters. The summed E-state index contributed by atoms with van der Waals surface area (Å²) in [6, 6.07) is 0.190. The highest BCUT2D eigenvalue weighted by Gasteiger charge is 2.21. The van der Waals surface area contributed by atoms with Gasteiger partial charge in [-0.15, -0.1) is 0 Å². The molecular weight excluding hydrogens is 318 g/mol. The van der Waals surface area contributed by atoms with Gasteiger partial charge in [0, 0.05) is 12.6 Å². The molecule has 1 atom stereocenters. The molecule has 1 heterocycles. The van der Waals surface area contributed by atoms with E-state index in [1.165, 1.54) is 12.4 Å². The number of carbonyl (C=O) groups excluding carboxylic acids is 1. The molecule has 0 spiro atoms. The van der Waals surface area contributed by atoms with Gasteiger partial charge >= 0.3 is 17.9 Å². The maximum Gasteiger partial charge on any atom is 0.417 e. The van der Waals surface area contributed by atoms with Crippen molar-refractivity contribution in [1.29, 1.82) is 0 Å². The molecule has 1 aromatic rings. The van der Waals surface area contributed by atoms with Gasteiger partial charge in [0.05, 0.1) is 12.4 Å². The predicted octanol–water partition coefficient (Wildman–Crippen LogP) is 0.415. The number of hydrogen-bond donors (Lipinski definition) is 2. The van der Waals surface area contributed by atoms with Crippen molar-refractivity contribution in [1.82, 2.24) is 15.3 Å². The van der Waals surface area contributed by atoms with Crippen LogP contribution in [0.5, 0.6) is 11.8 Å². The van der Waals surface area contributed by atoms with Gasteiger partial charge in [-0.25, -0.2) is 9.59 Å². The van der Waals surface area contributed by atoms with Crippen LogP contribution in [0.3, 0.4) is 0 Å². The number of ether oxygens (including phenoxy) is 3. The number of hydrogen-bond acceptors (Lipinski definition) is 8. The molecular formula is C15H21N3O6. The number of rotatable bonds is 10. The average Bonchev–Trinajstić information content (AvgIpc) is 2.55. The first kappa shape index (κ1) is 19.4. The van der Waals surface area contributed by atoms with Gasteiger partial charge in [0.2, 0.25) is 0 Å². The quantitative estimate of drug-likeness (QED) is 0.355. The molecule has 0 aliphatic carbocycles. The van der Waals surface area contributed by atoms with E-state index in [4.69, 9.17) is 19.3 Å². The number of carboxylic acids is 1. The van der Waals surface area contributed by atoms with Gasteiger partial charge < -0.3 is 24.6 Å². The second-order valence-electron chi connectivity index (χ2n) is 5.01. The summed E-state index contributed by atoms with van der Waals surface area (Å²) in [5.74, 6) is -2.55. The SMILES string of the molecule is C=CCOc1cnc(OCC(CNC(C)C)OC(=O)C(=O)O)nc1. The van der Waals surface area contributed by atoms with Crippen LogP contribution in [0.1, 0.15) is 13.8 Å². The van der Waals surface area contributed by atoms with Crippen LogP contribution in [0.4, 0.5) is 0 Å². The summed E-state index contributed by atoms with van der Waals surface area (Å²) in [6.07, 6.45) is 3.65. The Morgan fingerprint density at radius 3 is 2.54 bits per heavy atom. The predicted molar refractivity (Wildman–Crippen MR) is 83.9 cm³/mol. The zero-order valence-corrected chi connectivity index (χ0v) is 13.6. The lowest BCUT2D eigenvalue weighted by Crippen LogP contribution is -2.39. The van der Waals surface area contributed by atoms with Crippen LogP contribution in [-0.4, -0.2) is 58.9 Å². The fourth-order valence-electron chi connectivity index (χ4n) is 1.48. The molecule has 0 fully saturated rings. The van der Waals surface area contributed by atoms with Gasteiger partial charge in [-0.3, -0.25) is 0 Å². The summed E-state index contributed by atoms with van der Waals surface area (Å²) in [7, 11) is 0. The first-order valence-electron chi connectivity index (χ1n) is 7.28. The second kappa shape index (κ2) is 10.2. The monoisotopic (exact) mass is 339 g/mol. The zero-order valence-electron chi connectivity index (χ0n) is 13.6. The molecule has 0 aliphatic rings. The molecule has 24 heavy (non-hydrogen) atoms. The van der Waals surface area contributed by atoms with Crippen LogP contribution in [0, 0.1) is 0 Å². The highest BCUT2D eigenvalue weighted by Crippen LogP contribution is 2.10. The van der Waals surface area contributed by atoms with Crippen molar-refractivity contribution in [2.45, 2.75) is 26.0 Å². The molecule has 0 aliphatic heterocycles. The van der Waals surface area contributed by atoms with Crippen LogP contribution in [-0.2, 0) is 14.3 Å². The molecule has 0 aromatic carbocycles. The number of carboxylic acid groups (broad SMARTS) is 1. The third kappa shape index (κ3) is 7.54. The summed E-state index contributed by atoms with van der Waals surface area (Å²) in [4.78, 5) is 29.7. The number of esters is 1. The Labute approximate surface area is 139 Å². The Balaban J connectivity index is 2.57. The van der Waals surface area contributed by atoms with E-state index in [1.54, 1.807) is 6.08 Å². The van der Waals surface area contributed by atoms with Crippen molar-refractivity contribution in [3.8, 4) is 11.8 Å². The Hall–Kier alpha value is -2.68. The minimum Gasteiger partial charge on any atom is -0.486 e. The van der Waals surface area contributed by atoms with Gasteiger partial charge in [0.15, 0.2) is 5.75 Å². The van der Waals surface area contributed by atoms with Gasteiger partial charge in [0.1, 0.15) is 19.3 Å². The fraction of sp³-hybridized carbons (Fsp3) is 0.467. The first-order chi connectivity index (χ1) is 11.4. The molecule has 9 nitrogen and oxygen atoms in total. The van der Waals surface area contributed by atoms with Gasteiger partial charge in [-0.05, 0) is 0 Å². The standard InChI is InChI=1S/C15H21N3O6/c1-4-5-22-11-6-17-15(18-7-11)23-9-12(8-16-10(2)3)24-14(21)13(19)20/h4,6-7,10,12,16H,1,5,8-9H2,2-3H3,(H,19,20). The summed E-state index contributed by atoms with van der Waals surface area (Å²) in [6.45, 7) is 7.81. The highest BCUT2D eigenvalue weighted by molar-refractivity contribution is 6.28. The van der Waals surface area contributed by atoms with Crippen LogP contribution in [0.25, 0.3) is 0 Å². The summed E-state index contributed by atoms with van der Waals surface area (Å²) >= 11 is 0. The van der Waals surface area contributed by atoms with E-state index in [-0.39, 0.29) is 25.2 Å². The Morgan fingerprint density at radius 1 is 1.33 bits per heavy atom. The van der Waals surface area contributed by atoms with Crippen molar-refractivity contribution in [2.24, 2.45) is 0 Å². The van der Waals surface area contributed by atoms with Crippen molar-refractivity contribution < 1.29 is 28.9 Å². The molecule has 0 amide bonds. The van der Waals surface area contributed by atoms with Crippen molar-refractivity contribution in [3.63, 3.8) is 0 Å². The van der Waals surface area contributed by atoms with Crippen LogP contribution in [0.2, 0.25) is 0 Å². The lowest BCUT2D eigenvalue weighted by atomic mass is 10.3. The maximum absolute atomic E-state index is 11.2. The molecule has 0 bridgehead atoms. The van der Waals surface area contributed by atoms with Crippen molar-refractivity contribution in [3.05, 3.63) is 25.0 Å². The number of nitrogens with zero attached hydrogens (tertiary/aromatic N) is 2. The zero-order chi connectivity index (χ0) is 17.9. The van der Waals surface area contributed by atoms with Crippen LogP contribution < -0.4 is 14.8 Å². The van der Waals surface area contributed by atoms with E-state index in [0.717, 1.165) is 0 Å². The number of aliphatic carboxylic acids is 1. The summed E-state index contributed by atoms with van der Waals surface area (Å²) in [5.41, 5.74) is 0. The highest BCUT2D eigenvalue weighted by atomic mass is 16.6. The molecule has 1 aromatic heterocycles. The minimum absolute atomic E-state index is 0.0573. The number of nitrogens with one attached hydrogen (secondary N) is 1. The Morgan fingerprint density at radius 2 is 2.00 bits per heavy atom. The molecule has 0 radical (unpaired) electrons. The van der Waals surface area contributed by atoms with Crippen LogP contribution >= 0.6 is 0 Å². The maximum atomic E-state index is 11.2. The Kier molecular flexibility index (Phi) is 8.20. The molecule has 0 saturated carbocycles. The van der Waals surface area contributed by atoms with E-state index >= 15 is 0 Å². The van der Waals surface area contributed by atoms with E-state index in [0.29, 0.717) is 12.4 Å². The van der Waals surface area contributed by atoms with E-state index < -0.39 is 18.0 Å². The number of aromatic nitrogens is 2. The summed E-state index contributed by atoms with van der Waals surface area (Å²) in [5, 5.41) is 11.7. The second-order valence-corrected chi connectivity index (χ2v) is 5.01. The summed E-state index contributed by atoms with van der Waals surface area (Å²) < 4.78 is 15.4. The van der Waals surface area contributed by atoms with Gasteiger partial charge in [-0.1, -0.05) is 26.5 Å². The third-order valence-electron chi connectivity index (χ3n) is 2.57. The molecule has 2 N–H and O–H groups in total. The average molecular weight is 339 g/mol. The van der Waals surface area contributed by atoms with Gasteiger partial charge in [-0.2, -0.15) is 9.97 Å². The smallest absolute Gasteiger partial charge is 0.417 e. The lowest BCUT2D eigenvalue weighted by Gasteiger charge is -2.18. The third-order valence-corrected chi connectivity index (χ3v) is 2.57. The van der Waals surface area contributed by atoms with E-state index in [9.17, 15) is 9.59 Å². The first-order valence-corrected chi connectivity index (χ1v) is 7.28. The van der Waals surface area contributed by atoms with E-state index in [1.807, 2.05) is 13.8 Å². The lowest BCUT2D eigenvalue weighted by molar-refractivity contribution is -0.168. The van der Waals surface area contributed by atoms with Crippen LogP contribution in [0.15, 0.2) is 25.0 Å². The molecule has 132 valence electrons. The minimum atomic E-state index is -1.66. The Bertz CT molecular complexity index is 547. The molecule has 9 heteroatoms.